The van der Waals surface area contributed by atoms with E-state index in [-0.39, 0.29) is 30.0 Å². The zero-order valence-corrected chi connectivity index (χ0v) is 12.0. The van der Waals surface area contributed by atoms with Crippen LogP contribution in [-0.4, -0.2) is 37.6 Å². The molecule has 1 aromatic carbocycles. The van der Waals surface area contributed by atoms with Gasteiger partial charge in [-0.15, -0.1) is 12.4 Å². The Hall–Kier alpha value is -1.33. The van der Waals surface area contributed by atoms with E-state index in [2.05, 4.69) is 0 Å². The number of carbonyl (C=O) groups excluding carboxylic acids is 1. The molecule has 1 amide bonds. The summed E-state index contributed by atoms with van der Waals surface area (Å²) in [6.07, 6.45) is 0. The molecule has 0 aliphatic carbocycles. The van der Waals surface area contributed by atoms with Gasteiger partial charge in [0.1, 0.15) is 18.2 Å². The molecule has 1 rings (SSSR count). The van der Waals surface area contributed by atoms with Crippen LogP contribution in [0.5, 0.6) is 5.75 Å². The molecule has 0 aliphatic heterocycles. The highest BCUT2D eigenvalue weighted by Crippen LogP contribution is 2.10. The first-order chi connectivity index (χ1) is 8.54. The highest BCUT2D eigenvalue weighted by Gasteiger charge is 2.15. The van der Waals surface area contributed by atoms with Gasteiger partial charge in [0.05, 0.1) is 6.54 Å². The fraction of sp³-hybridized carbons (Fsp3) is 0.462. The highest BCUT2D eigenvalue weighted by molar-refractivity contribution is 5.85. The van der Waals surface area contributed by atoms with E-state index in [1.165, 1.54) is 12.1 Å². The Morgan fingerprint density at radius 3 is 2.53 bits per heavy atom. The molecule has 1 aromatic rings. The van der Waals surface area contributed by atoms with Crippen molar-refractivity contribution in [1.82, 2.24) is 4.90 Å². The first kappa shape index (κ1) is 17.7. The molecule has 2 N–H and O–H groups in total. The number of halogens is 2. The molecule has 0 bridgehead atoms. The Balaban J connectivity index is 0.00000324. The molecule has 6 heteroatoms. The quantitative estimate of drug-likeness (QED) is 0.867. The molecule has 0 saturated heterocycles. The fourth-order valence-corrected chi connectivity index (χ4v) is 1.42. The van der Waals surface area contributed by atoms with Crippen molar-refractivity contribution in [2.75, 3.05) is 26.7 Å². The highest BCUT2D eigenvalue weighted by atomic mass is 35.5. The Bertz CT molecular complexity index is 387. The fourth-order valence-electron chi connectivity index (χ4n) is 1.42. The molecule has 0 saturated carbocycles. The van der Waals surface area contributed by atoms with Gasteiger partial charge in [-0.2, -0.15) is 0 Å². The smallest absolute Gasteiger partial charge is 0.226 e. The van der Waals surface area contributed by atoms with Crippen molar-refractivity contribution in [2.24, 2.45) is 11.7 Å². The largest absolute Gasteiger partial charge is 0.492 e. The predicted molar refractivity (Wildman–Crippen MR) is 75.0 cm³/mol. The van der Waals surface area contributed by atoms with E-state index in [9.17, 15) is 9.18 Å². The van der Waals surface area contributed by atoms with Gasteiger partial charge in [-0.1, -0.05) is 6.92 Å². The van der Waals surface area contributed by atoms with E-state index in [0.29, 0.717) is 25.4 Å². The number of ether oxygens (including phenoxy) is 1. The summed E-state index contributed by atoms with van der Waals surface area (Å²) < 4.78 is 18.1. The lowest BCUT2D eigenvalue weighted by molar-refractivity contribution is -0.133. The van der Waals surface area contributed by atoms with Gasteiger partial charge in [0, 0.05) is 19.5 Å². The van der Waals surface area contributed by atoms with Crippen molar-refractivity contribution >= 4 is 18.3 Å². The van der Waals surface area contributed by atoms with Gasteiger partial charge in [-0.05, 0) is 24.3 Å². The van der Waals surface area contributed by atoms with E-state index in [4.69, 9.17) is 10.5 Å². The minimum Gasteiger partial charge on any atom is -0.492 e. The van der Waals surface area contributed by atoms with Crippen molar-refractivity contribution in [1.29, 1.82) is 0 Å². The number of likely N-dealkylation sites (N-methyl/N-ethyl adjacent to an activating group) is 1. The lowest BCUT2D eigenvalue weighted by Crippen LogP contribution is -2.37. The summed E-state index contributed by atoms with van der Waals surface area (Å²) in [5.41, 5.74) is 5.43. The van der Waals surface area contributed by atoms with Crippen LogP contribution in [0.4, 0.5) is 4.39 Å². The molecule has 1 unspecified atom stereocenters. The molecule has 0 spiro atoms. The van der Waals surface area contributed by atoms with Crippen LogP contribution < -0.4 is 10.5 Å². The van der Waals surface area contributed by atoms with E-state index >= 15 is 0 Å². The number of nitrogens with two attached hydrogens (primary N) is 1. The van der Waals surface area contributed by atoms with E-state index in [1.54, 1.807) is 31.0 Å². The summed E-state index contributed by atoms with van der Waals surface area (Å²) in [4.78, 5) is 13.3. The number of carbonyl (C=O) groups is 1. The molecule has 0 heterocycles. The van der Waals surface area contributed by atoms with Gasteiger partial charge >= 0.3 is 0 Å². The van der Waals surface area contributed by atoms with Crippen LogP contribution in [-0.2, 0) is 4.79 Å². The van der Waals surface area contributed by atoms with Crippen molar-refractivity contribution in [3.63, 3.8) is 0 Å². The molecular formula is C13H20ClFN2O2. The Kier molecular flexibility index (Phi) is 8.11. The molecule has 4 nitrogen and oxygen atoms in total. The third kappa shape index (κ3) is 5.89. The minimum absolute atomic E-state index is 0. The zero-order chi connectivity index (χ0) is 13.5. The van der Waals surface area contributed by atoms with Crippen LogP contribution in [0.1, 0.15) is 6.92 Å². The maximum absolute atomic E-state index is 12.7. The molecule has 0 radical (unpaired) electrons. The van der Waals surface area contributed by atoms with Crippen molar-refractivity contribution < 1.29 is 13.9 Å². The summed E-state index contributed by atoms with van der Waals surface area (Å²) >= 11 is 0. The third-order valence-electron chi connectivity index (χ3n) is 2.66. The first-order valence-corrected chi connectivity index (χ1v) is 5.88. The molecule has 108 valence electrons. The number of amides is 1. The van der Waals surface area contributed by atoms with Gasteiger partial charge in [-0.25, -0.2) is 4.39 Å². The summed E-state index contributed by atoms with van der Waals surface area (Å²) in [5.74, 6) is 0.108. The SMILES string of the molecule is CC(CN)C(=O)N(C)CCOc1ccc(F)cc1.Cl. The maximum atomic E-state index is 12.7. The standard InChI is InChI=1S/C13H19FN2O2.ClH/c1-10(9-15)13(17)16(2)7-8-18-12-5-3-11(14)4-6-12;/h3-6,10H,7-9,15H2,1-2H3;1H. The Labute approximate surface area is 119 Å². The second kappa shape index (κ2) is 8.72. The predicted octanol–water partition coefficient (Wildman–Crippen LogP) is 1.68. The molecule has 0 aromatic heterocycles. The summed E-state index contributed by atoms with van der Waals surface area (Å²) in [6.45, 7) is 2.97. The summed E-state index contributed by atoms with van der Waals surface area (Å²) in [5, 5.41) is 0. The van der Waals surface area contributed by atoms with Crippen LogP contribution in [0.3, 0.4) is 0 Å². The van der Waals surface area contributed by atoms with Gasteiger partial charge in [-0.3, -0.25) is 4.79 Å². The molecule has 0 aliphatic rings. The van der Waals surface area contributed by atoms with Crippen molar-refractivity contribution in [3.05, 3.63) is 30.1 Å². The third-order valence-corrected chi connectivity index (χ3v) is 2.66. The van der Waals surface area contributed by atoms with Crippen LogP contribution in [0, 0.1) is 11.7 Å². The van der Waals surface area contributed by atoms with Crippen LogP contribution in [0.15, 0.2) is 24.3 Å². The lowest BCUT2D eigenvalue weighted by atomic mass is 10.1. The van der Waals surface area contributed by atoms with Gasteiger partial charge in [0.25, 0.3) is 0 Å². The average molecular weight is 291 g/mol. The van der Waals surface area contributed by atoms with Crippen LogP contribution in [0.2, 0.25) is 0 Å². The zero-order valence-electron chi connectivity index (χ0n) is 11.1. The number of rotatable bonds is 6. The maximum Gasteiger partial charge on any atom is 0.226 e. The molecule has 1 atom stereocenters. The second-order valence-corrected chi connectivity index (χ2v) is 4.20. The average Bonchev–Trinajstić information content (AvgIpc) is 2.39. The number of nitrogens with zero attached hydrogens (tertiary/aromatic N) is 1. The van der Waals surface area contributed by atoms with Crippen LogP contribution >= 0.6 is 12.4 Å². The summed E-state index contributed by atoms with van der Waals surface area (Å²) in [7, 11) is 1.71. The monoisotopic (exact) mass is 290 g/mol. The van der Waals surface area contributed by atoms with E-state index in [1.807, 2.05) is 0 Å². The topological polar surface area (TPSA) is 55.6 Å². The van der Waals surface area contributed by atoms with Gasteiger partial charge in [0.2, 0.25) is 5.91 Å². The second-order valence-electron chi connectivity index (χ2n) is 4.20. The number of hydrogen-bond acceptors (Lipinski definition) is 3. The number of benzene rings is 1. The van der Waals surface area contributed by atoms with Gasteiger partial charge in [0.15, 0.2) is 0 Å². The number of hydrogen-bond donors (Lipinski definition) is 1. The van der Waals surface area contributed by atoms with Gasteiger partial charge < -0.3 is 15.4 Å². The molecule has 0 fully saturated rings. The molecular weight excluding hydrogens is 271 g/mol. The lowest BCUT2D eigenvalue weighted by Gasteiger charge is -2.20. The summed E-state index contributed by atoms with van der Waals surface area (Å²) in [6, 6.07) is 5.78. The van der Waals surface area contributed by atoms with Crippen molar-refractivity contribution in [3.8, 4) is 5.75 Å². The van der Waals surface area contributed by atoms with Crippen LogP contribution in [0.25, 0.3) is 0 Å². The van der Waals surface area contributed by atoms with E-state index in [0.717, 1.165) is 0 Å². The Morgan fingerprint density at radius 2 is 2.00 bits per heavy atom. The minimum atomic E-state index is -0.300. The first-order valence-electron chi connectivity index (χ1n) is 5.88. The molecule has 19 heavy (non-hydrogen) atoms. The van der Waals surface area contributed by atoms with Crippen molar-refractivity contribution in [2.45, 2.75) is 6.92 Å². The normalized spacial score (nSPS) is 11.4. The Morgan fingerprint density at radius 1 is 1.42 bits per heavy atom. The van der Waals surface area contributed by atoms with E-state index < -0.39 is 0 Å².